The van der Waals surface area contributed by atoms with Gasteiger partial charge in [0.15, 0.2) is 0 Å². The van der Waals surface area contributed by atoms with Gasteiger partial charge in [0.2, 0.25) is 11.8 Å². The Labute approximate surface area is 118 Å². The van der Waals surface area contributed by atoms with Gasteiger partial charge in [-0.1, -0.05) is 12.2 Å². The summed E-state index contributed by atoms with van der Waals surface area (Å²) in [6.07, 6.45) is -3.44. The Hall–Kier alpha value is -1.38. The SMILES string of the molecule is NC(=S)C(CN1CC(=O)N2CCCC2C1=O)C(F)(F)F. The van der Waals surface area contributed by atoms with Crippen LogP contribution >= 0.6 is 12.2 Å². The molecule has 0 aromatic rings. The number of thiocarbonyl (C=S) groups is 1. The number of halogens is 3. The van der Waals surface area contributed by atoms with Crippen molar-refractivity contribution in [2.24, 2.45) is 11.7 Å². The lowest BCUT2D eigenvalue weighted by atomic mass is 10.1. The van der Waals surface area contributed by atoms with Gasteiger partial charge in [0.05, 0.1) is 11.5 Å². The summed E-state index contributed by atoms with van der Waals surface area (Å²) >= 11 is 4.42. The molecular formula is C11H14F3N3O2S. The van der Waals surface area contributed by atoms with E-state index in [1.807, 2.05) is 0 Å². The van der Waals surface area contributed by atoms with Crippen LogP contribution in [0.3, 0.4) is 0 Å². The second-order valence-electron chi connectivity index (χ2n) is 4.96. The highest BCUT2D eigenvalue weighted by molar-refractivity contribution is 7.80. The maximum atomic E-state index is 12.8. The quantitative estimate of drug-likeness (QED) is 0.761. The van der Waals surface area contributed by atoms with Crippen LogP contribution in [0.1, 0.15) is 12.8 Å². The monoisotopic (exact) mass is 309 g/mol. The summed E-state index contributed by atoms with van der Waals surface area (Å²) in [7, 11) is 0. The molecule has 2 N–H and O–H groups in total. The number of carbonyl (C=O) groups is 2. The molecule has 2 aliphatic rings. The topological polar surface area (TPSA) is 66.6 Å². The minimum Gasteiger partial charge on any atom is -0.393 e. The molecule has 0 aromatic heterocycles. The summed E-state index contributed by atoms with van der Waals surface area (Å²) in [4.78, 5) is 25.6. The van der Waals surface area contributed by atoms with Crippen LogP contribution in [-0.4, -0.2) is 58.5 Å². The van der Waals surface area contributed by atoms with Crippen molar-refractivity contribution in [3.8, 4) is 0 Å². The lowest BCUT2D eigenvalue weighted by Gasteiger charge is -2.38. The highest BCUT2D eigenvalue weighted by Crippen LogP contribution is 2.30. The lowest BCUT2D eigenvalue weighted by molar-refractivity contribution is -0.169. The molecule has 112 valence electrons. The minimum absolute atomic E-state index is 0.323. The number of hydrogen-bond donors (Lipinski definition) is 1. The molecule has 0 spiro atoms. The fourth-order valence-corrected chi connectivity index (χ4v) is 2.80. The number of nitrogens with zero attached hydrogens (tertiary/aromatic N) is 2. The van der Waals surface area contributed by atoms with Crippen molar-refractivity contribution in [3.63, 3.8) is 0 Å². The van der Waals surface area contributed by atoms with Crippen molar-refractivity contribution in [3.05, 3.63) is 0 Å². The molecular weight excluding hydrogens is 295 g/mol. The standard InChI is InChI=1S/C11H14F3N3O2S/c12-11(13,14)6(9(15)20)4-16-5-8(18)17-3-1-2-7(17)10(16)19/h6-7H,1-5H2,(H2,15,20). The summed E-state index contributed by atoms with van der Waals surface area (Å²) in [5.74, 6) is -2.86. The zero-order valence-electron chi connectivity index (χ0n) is 10.5. The van der Waals surface area contributed by atoms with E-state index in [1.165, 1.54) is 4.90 Å². The van der Waals surface area contributed by atoms with Crippen LogP contribution in [0.2, 0.25) is 0 Å². The highest BCUT2D eigenvalue weighted by atomic mass is 32.1. The predicted octanol–water partition coefficient (Wildman–Crippen LogP) is 0.284. The average Bonchev–Trinajstić information content (AvgIpc) is 2.79. The first-order valence-corrected chi connectivity index (χ1v) is 6.57. The lowest BCUT2D eigenvalue weighted by Crippen LogP contribution is -2.59. The van der Waals surface area contributed by atoms with Gasteiger partial charge < -0.3 is 15.5 Å². The molecule has 9 heteroatoms. The molecule has 0 aromatic carbocycles. The van der Waals surface area contributed by atoms with Gasteiger partial charge in [0, 0.05) is 13.1 Å². The molecule has 2 atom stereocenters. The Morgan fingerprint density at radius 1 is 1.45 bits per heavy atom. The van der Waals surface area contributed by atoms with Gasteiger partial charge in [0.25, 0.3) is 0 Å². The van der Waals surface area contributed by atoms with Crippen LogP contribution < -0.4 is 5.73 Å². The number of fused-ring (bicyclic) bond motifs is 1. The number of amides is 2. The molecule has 2 rings (SSSR count). The number of rotatable bonds is 3. The van der Waals surface area contributed by atoms with Gasteiger partial charge in [-0.3, -0.25) is 9.59 Å². The zero-order chi connectivity index (χ0) is 15.1. The number of nitrogens with two attached hydrogens (primary N) is 1. The first-order valence-electron chi connectivity index (χ1n) is 6.16. The van der Waals surface area contributed by atoms with Gasteiger partial charge in [0.1, 0.15) is 12.0 Å². The molecule has 20 heavy (non-hydrogen) atoms. The van der Waals surface area contributed by atoms with Crippen LogP contribution in [0.15, 0.2) is 0 Å². The summed E-state index contributed by atoms with van der Waals surface area (Å²) in [6, 6.07) is -0.628. The summed E-state index contributed by atoms with van der Waals surface area (Å²) in [6.45, 7) is -0.542. The highest BCUT2D eigenvalue weighted by Gasteiger charge is 2.47. The molecule has 0 aliphatic carbocycles. The molecule has 2 fully saturated rings. The van der Waals surface area contributed by atoms with Crippen LogP contribution in [0.5, 0.6) is 0 Å². The molecule has 2 saturated heterocycles. The first kappa shape index (κ1) is 15.0. The van der Waals surface area contributed by atoms with E-state index in [0.29, 0.717) is 19.4 Å². The van der Waals surface area contributed by atoms with Crippen molar-refractivity contribution in [1.29, 1.82) is 0 Å². The average molecular weight is 309 g/mol. The molecule has 0 bridgehead atoms. The predicted molar refractivity (Wildman–Crippen MR) is 67.6 cm³/mol. The maximum Gasteiger partial charge on any atom is 0.399 e. The maximum absolute atomic E-state index is 12.8. The Kier molecular flexibility index (Phi) is 3.90. The molecule has 0 saturated carbocycles. The van der Waals surface area contributed by atoms with Crippen LogP contribution in [0, 0.1) is 5.92 Å². The van der Waals surface area contributed by atoms with Crippen LogP contribution in [-0.2, 0) is 9.59 Å². The Balaban J connectivity index is 2.14. The van der Waals surface area contributed by atoms with E-state index in [-0.39, 0.29) is 12.5 Å². The number of piperazine rings is 1. The Morgan fingerprint density at radius 3 is 2.65 bits per heavy atom. The van der Waals surface area contributed by atoms with E-state index < -0.39 is 35.6 Å². The number of carbonyl (C=O) groups excluding carboxylic acids is 2. The third kappa shape index (κ3) is 2.72. The zero-order valence-corrected chi connectivity index (χ0v) is 11.3. The smallest absolute Gasteiger partial charge is 0.393 e. The van der Waals surface area contributed by atoms with Crippen LogP contribution in [0.4, 0.5) is 13.2 Å². The van der Waals surface area contributed by atoms with E-state index in [0.717, 1.165) is 4.90 Å². The van der Waals surface area contributed by atoms with Gasteiger partial charge in [-0.2, -0.15) is 13.2 Å². The largest absolute Gasteiger partial charge is 0.399 e. The van der Waals surface area contributed by atoms with E-state index in [2.05, 4.69) is 12.2 Å². The van der Waals surface area contributed by atoms with Gasteiger partial charge >= 0.3 is 6.18 Å². The molecule has 0 radical (unpaired) electrons. The van der Waals surface area contributed by atoms with Crippen LogP contribution in [0.25, 0.3) is 0 Å². The number of hydrogen-bond acceptors (Lipinski definition) is 3. The third-order valence-electron chi connectivity index (χ3n) is 3.64. The summed E-state index contributed by atoms with van der Waals surface area (Å²) in [5, 5.41) is 0. The fraction of sp³-hybridized carbons (Fsp3) is 0.727. The third-order valence-corrected chi connectivity index (χ3v) is 3.92. The van der Waals surface area contributed by atoms with Gasteiger partial charge in [-0.15, -0.1) is 0 Å². The Bertz CT molecular complexity index is 455. The molecule has 5 nitrogen and oxygen atoms in total. The van der Waals surface area contributed by atoms with Gasteiger partial charge in [-0.05, 0) is 12.8 Å². The van der Waals surface area contributed by atoms with E-state index in [9.17, 15) is 22.8 Å². The molecule has 2 aliphatic heterocycles. The molecule has 2 unspecified atom stereocenters. The fourth-order valence-electron chi connectivity index (χ4n) is 2.59. The second-order valence-corrected chi connectivity index (χ2v) is 5.43. The summed E-state index contributed by atoms with van der Waals surface area (Å²) < 4.78 is 38.5. The van der Waals surface area contributed by atoms with E-state index in [1.54, 1.807) is 0 Å². The van der Waals surface area contributed by atoms with Gasteiger partial charge in [-0.25, -0.2) is 0 Å². The van der Waals surface area contributed by atoms with E-state index in [4.69, 9.17) is 5.73 Å². The van der Waals surface area contributed by atoms with Crippen molar-refractivity contribution >= 4 is 29.0 Å². The van der Waals surface area contributed by atoms with Crippen molar-refractivity contribution < 1.29 is 22.8 Å². The van der Waals surface area contributed by atoms with E-state index >= 15 is 0 Å². The molecule has 2 heterocycles. The van der Waals surface area contributed by atoms with Crippen molar-refractivity contribution in [2.75, 3.05) is 19.6 Å². The number of alkyl halides is 3. The Morgan fingerprint density at radius 2 is 2.10 bits per heavy atom. The van der Waals surface area contributed by atoms with Crippen molar-refractivity contribution in [2.45, 2.75) is 25.1 Å². The normalized spacial score (nSPS) is 24.9. The van der Waals surface area contributed by atoms with Crippen molar-refractivity contribution in [1.82, 2.24) is 9.80 Å². The summed E-state index contributed by atoms with van der Waals surface area (Å²) in [5.41, 5.74) is 5.11. The second kappa shape index (κ2) is 5.19. The minimum atomic E-state index is -4.62. The first-order chi connectivity index (χ1) is 9.21. The molecule has 2 amide bonds.